The fourth-order valence-electron chi connectivity index (χ4n) is 2.62. The van der Waals surface area contributed by atoms with Gasteiger partial charge in [0.1, 0.15) is 23.5 Å². The molecular weight excluding hydrogens is 290 g/mol. The standard InChI is InChI=1S/C16H14F2N2O2/c17-10-3-9-4-11(7-19)22-15(9)12(6-10)8-1-2-14(18)13(5-8)16(20)21/h1-3,5-6,11H,4,7,19H2,(H2,20,21). The van der Waals surface area contributed by atoms with E-state index in [-0.39, 0.29) is 11.7 Å². The third-order valence-electron chi connectivity index (χ3n) is 3.67. The second-order valence-electron chi connectivity index (χ2n) is 5.18. The molecule has 3 rings (SSSR count). The Morgan fingerprint density at radius 3 is 2.73 bits per heavy atom. The normalized spacial score (nSPS) is 16.2. The molecule has 2 aromatic rings. The Hall–Kier alpha value is -2.47. The van der Waals surface area contributed by atoms with Crippen molar-refractivity contribution in [2.45, 2.75) is 12.5 Å². The van der Waals surface area contributed by atoms with Gasteiger partial charge in [-0.05, 0) is 29.8 Å². The highest BCUT2D eigenvalue weighted by Gasteiger charge is 2.26. The van der Waals surface area contributed by atoms with Gasteiger partial charge in [-0.2, -0.15) is 0 Å². The highest BCUT2D eigenvalue weighted by molar-refractivity contribution is 5.94. The van der Waals surface area contributed by atoms with Crippen LogP contribution in [-0.2, 0) is 6.42 Å². The number of primary amides is 1. The first-order valence-electron chi connectivity index (χ1n) is 6.78. The van der Waals surface area contributed by atoms with E-state index in [2.05, 4.69) is 0 Å². The summed E-state index contributed by atoms with van der Waals surface area (Å²) in [7, 11) is 0. The molecular formula is C16H14F2N2O2. The van der Waals surface area contributed by atoms with Crippen LogP contribution in [0.1, 0.15) is 15.9 Å². The SMILES string of the molecule is NCC1Cc2cc(F)cc(-c3ccc(F)c(C(N)=O)c3)c2O1. The monoisotopic (exact) mass is 304 g/mol. The smallest absolute Gasteiger partial charge is 0.251 e. The molecule has 4 N–H and O–H groups in total. The number of nitrogens with two attached hydrogens (primary N) is 2. The number of carbonyl (C=O) groups excluding carboxylic acids is 1. The Bertz CT molecular complexity index is 762. The molecule has 2 aromatic carbocycles. The van der Waals surface area contributed by atoms with Crippen molar-refractivity contribution in [2.24, 2.45) is 11.5 Å². The lowest BCUT2D eigenvalue weighted by Crippen LogP contribution is -2.24. The van der Waals surface area contributed by atoms with Gasteiger partial charge in [-0.15, -0.1) is 0 Å². The molecule has 0 radical (unpaired) electrons. The number of ether oxygens (including phenoxy) is 1. The minimum atomic E-state index is -0.881. The van der Waals surface area contributed by atoms with Gasteiger partial charge in [-0.25, -0.2) is 8.78 Å². The van der Waals surface area contributed by atoms with E-state index in [1.54, 1.807) is 0 Å². The van der Waals surface area contributed by atoms with E-state index in [9.17, 15) is 13.6 Å². The maximum atomic E-state index is 13.8. The van der Waals surface area contributed by atoms with Gasteiger partial charge in [0, 0.05) is 24.1 Å². The Morgan fingerprint density at radius 1 is 1.27 bits per heavy atom. The van der Waals surface area contributed by atoms with Crippen LogP contribution in [0.15, 0.2) is 30.3 Å². The van der Waals surface area contributed by atoms with Crippen molar-refractivity contribution in [3.05, 3.63) is 53.1 Å². The predicted octanol–water partition coefficient (Wildman–Crippen LogP) is 1.99. The fraction of sp³-hybridized carbons (Fsp3) is 0.188. The van der Waals surface area contributed by atoms with E-state index in [1.165, 1.54) is 24.3 Å². The Morgan fingerprint density at radius 2 is 2.05 bits per heavy atom. The molecule has 1 amide bonds. The summed E-state index contributed by atoms with van der Waals surface area (Å²) in [5.41, 5.74) is 12.1. The number of carbonyl (C=O) groups is 1. The summed E-state index contributed by atoms with van der Waals surface area (Å²) in [6.07, 6.45) is 0.298. The van der Waals surface area contributed by atoms with Crippen LogP contribution in [0, 0.1) is 11.6 Å². The summed E-state index contributed by atoms with van der Waals surface area (Å²) in [6, 6.07) is 6.56. The molecule has 0 saturated carbocycles. The Labute approximate surface area is 125 Å². The number of halogens is 2. The minimum Gasteiger partial charge on any atom is -0.488 e. The molecule has 0 aromatic heterocycles. The van der Waals surface area contributed by atoms with Gasteiger partial charge in [0.05, 0.1) is 5.56 Å². The Kier molecular flexibility index (Phi) is 3.54. The van der Waals surface area contributed by atoms with Crippen molar-refractivity contribution in [3.63, 3.8) is 0 Å². The summed E-state index contributed by atoms with van der Waals surface area (Å²) in [5, 5.41) is 0. The molecule has 1 heterocycles. The van der Waals surface area contributed by atoms with Gasteiger partial charge < -0.3 is 16.2 Å². The number of amides is 1. The van der Waals surface area contributed by atoms with Crippen LogP contribution in [0.4, 0.5) is 8.78 Å². The third-order valence-corrected chi connectivity index (χ3v) is 3.67. The zero-order valence-corrected chi connectivity index (χ0v) is 11.6. The summed E-state index contributed by atoms with van der Waals surface area (Å²) in [4.78, 5) is 11.3. The molecule has 1 aliphatic rings. The van der Waals surface area contributed by atoms with Crippen molar-refractivity contribution in [2.75, 3.05) is 6.54 Å². The first-order chi connectivity index (χ1) is 10.5. The summed E-state index contributed by atoms with van der Waals surface area (Å²) in [5.74, 6) is -1.52. The molecule has 114 valence electrons. The highest BCUT2D eigenvalue weighted by atomic mass is 19.1. The van der Waals surface area contributed by atoms with Crippen molar-refractivity contribution < 1.29 is 18.3 Å². The van der Waals surface area contributed by atoms with Crippen LogP contribution in [0.25, 0.3) is 11.1 Å². The molecule has 0 fully saturated rings. The molecule has 0 spiro atoms. The van der Waals surface area contributed by atoms with E-state index < -0.39 is 17.5 Å². The molecule has 0 bridgehead atoms. The highest BCUT2D eigenvalue weighted by Crippen LogP contribution is 2.39. The van der Waals surface area contributed by atoms with Crippen molar-refractivity contribution >= 4 is 5.91 Å². The molecule has 22 heavy (non-hydrogen) atoms. The van der Waals surface area contributed by atoms with Gasteiger partial charge in [-0.1, -0.05) is 6.07 Å². The number of benzene rings is 2. The van der Waals surface area contributed by atoms with E-state index in [1.807, 2.05) is 0 Å². The van der Waals surface area contributed by atoms with Crippen LogP contribution in [0.2, 0.25) is 0 Å². The first kappa shape index (κ1) is 14.5. The molecule has 0 aliphatic carbocycles. The van der Waals surface area contributed by atoms with Crippen LogP contribution >= 0.6 is 0 Å². The van der Waals surface area contributed by atoms with Gasteiger partial charge in [0.15, 0.2) is 0 Å². The average Bonchev–Trinajstić information content (AvgIpc) is 2.89. The lowest BCUT2D eigenvalue weighted by atomic mass is 9.98. The number of fused-ring (bicyclic) bond motifs is 1. The first-order valence-corrected chi connectivity index (χ1v) is 6.78. The van der Waals surface area contributed by atoms with Crippen LogP contribution in [0.3, 0.4) is 0 Å². The number of hydrogen-bond acceptors (Lipinski definition) is 3. The van der Waals surface area contributed by atoms with Crippen LogP contribution in [0.5, 0.6) is 5.75 Å². The van der Waals surface area contributed by atoms with Crippen molar-refractivity contribution in [1.29, 1.82) is 0 Å². The maximum absolute atomic E-state index is 13.8. The Balaban J connectivity index is 2.14. The fourth-order valence-corrected chi connectivity index (χ4v) is 2.62. The maximum Gasteiger partial charge on any atom is 0.251 e. The van der Waals surface area contributed by atoms with Gasteiger partial charge in [0.25, 0.3) is 5.91 Å². The van der Waals surface area contributed by atoms with Gasteiger partial charge >= 0.3 is 0 Å². The third kappa shape index (κ3) is 2.42. The zero-order valence-electron chi connectivity index (χ0n) is 11.6. The summed E-state index contributed by atoms with van der Waals surface area (Å²) in [6.45, 7) is 0.311. The van der Waals surface area contributed by atoms with Crippen LogP contribution in [-0.4, -0.2) is 18.6 Å². The summed E-state index contributed by atoms with van der Waals surface area (Å²) >= 11 is 0. The number of rotatable bonds is 3. The zero-order chi connectivity index (χ0) is 15.9. The molecule has 1 atom stereocenters. The molecule has 4 nitrogen and oxygen atoms in total. The van der Waals surface area contributed by atoms with Gasteiger partial charge in [-0.3, -0.25) is 4.79 Å². The van der Waals surface area contributed by atoms with Crippen LogP contribution < -0.4 is 16.2 Å². The quantitative estimate of drug-likeness (QED) is 0.910. The lowest BCUT2D eigenvalue weighted by Gasteiger charge is -2.12. The molecule has 1 aliphatic heterocycles. The topological polar surface area (TPSA) is 78.3 Å². The van der Waals surface area contributed by atoms with Gasteiger partial charge in [0.2, 0.25) is 0 Å². The van der Waals surface area contributed by atoms with E-state index >= 15 is 0 Å². The lowest BCUT2D eigenvalue weighted by molar-refractivity contribution is 0.0996. The summed E-state index contributed by atoms with van der Waals surface area (Å²) < 4.78 is 33.1. The van der Waals surface area contributed by atoms with E-state index in [0.717, 1.165) is 6.07 Å². The van der Waals surface area contributed by atoms with Crippen molar-refractivity contribution in [1.82, 2.24) is 0 Å². The second kappa shape index (κ2) is 5.38. The molecule has 1 unspecified atom stereocenters. The minimum absolute atomic E-state index is 0.216. The van der Waals surface area contributed by atoms with E-state index in [4.69, 9.17) is 16.2 Å². The average molecular weight is 304 g/mol. The largest absolute Gasteiger partial charge is 0.488 e. The van der Waals surface area contributed by atoms with E-state index in [0.29, 0.717) is 35.4 Å². The molecule has 6 heteroatoms. The second-order valence-corrected chi connectivity index (χ2v) is 5.18. The molecule has 0 saturated heterocycles. The van der Waals surface area contributed by atoms with Crippen molar-refractivity contribution in [3.8, 4) is 16.9 Å². The predicted molar refractivity (Wildman–Crippen MR) is 77.5 cm³/mol. The number of hydrogen-bond donors (Lipinski definition) is 2.